The standard InChI is InChI=1S/C30H38F2N8O/c1-33-15-19-6-8-22(9-7-19)40-26-10-12-38(30(41)34-2)18-25(26)29(36-40)39-11-4-5-20-13-23(21-16-35-37(3)17-21)24(28(31)32)14-27(20)39/h13-17,19,22,28H,4-12,18H2,1-3H3,(H,34,41)/t19-,22-. The van der Waals surface area contributed by atoms with Gasteiger partial charge in [-0.25, -0.2) is 13.6 Å². The Morgan fingerprint density at radius 2 is 1.98 bits per heavy atom. The SMILES string of the molecule is CN=C[C@H]1CC[C@H](n2nc(N3CCCc4cc(-c5cnn(C)c5)c(C(F)F)cc43)c3c2CCN(C(=O)NC)C3)CC1. The molecule has 9 nitrogen and oxygen atoms in total. The zero-order chi connectivity index (χ0) is 28.7. The molecule has 1 saturated carbocycles. The van der Waals surface area contributed by atoms with Gasteiger partial charge in [0.15, 0.2) is 5.82 Å². The number of hydrogen-bond donors (Lipinski definition) is 1. The average molecular weight is 565 g/mol. The molecule has 4 heterocycles. The molecule has 1 N–H and O–H groups in total. The van der Waals surface area contributed by atoms with E-state index < -0.39 is 6.43 Å². The molecule has 218 valence electrons. The number of rotatable bonds is 5. The number of hydrogen-bond acceptors (Lipinski definition) is 5. The van der Waals surface area contributed by atoms with Crippen LogP contribution in [-0.4, -0.2) is 63.9 Å². The maximum absolute atomic E-state index is 14.5. The van der Waals surface area contributed by atoms with Gasteiger partial charge in [0.05, 0.1) is 18.8 Å². The lowest BCUT2D eigenvalue weighted by molar-refractivity contribution is 0.152. The van der Waals surface area contributed by atoms with Crippen LogP contribution in [0.3, 0.4) is 0 Å². The van der Waals surface area contributed by atoms with E-state index in [4.69, 9.17) is 5.10 Å². The number of anilines is 2. The molecule has 1 aliphatic carbocycles. The summed E-state index contributed by atoms with van der Waals surface area (Å²) in [6.45, 7) is 1.75. The number of aromatic nitrogens is 4. The molecule has 2 aromatic heterocycles. The highest BCUT2D eigenvalue weighted by Gasteiger charge is 2.35. The Bertz CT molecular complexity index is 1450. The van der Waals surface area contributed by atoms with Gasteiger partial charge in [-0.2, -0.15) is 10.2 Å². The summed E-state index contributed by atoms with van der Waals surface area (Å²) in [6.07, 6.45) is 9.43. The molecule has 0 atom stereocenters. The highest BCUT2D eigenvalue weighted by Crippen LogP contribution is 2.44. The molecule has 0 bridgehead atoms. The number of alkyl halides is 2. The molecule has 41 heavy (non-hydrogen) atoms. The quantitative estimate of drug-likeness (QED) is 0.419. The van der Waals surface area contributed by atoms with Gasteiger partial charge in [-0.3, -0.25) is 9.36 Å². The van der Waals surface area contributed by atoms with E-state index in [1.54, 1.807) is 37.2 Å². The summed E-state index contributed by atoms with van der Waals surface area (Å²) in [5.74, 6) is 1.29. The van der Waals surface area contributed by atoms with Crippen molar-refractivity contribution >= 4 is 23.8 Å². The van der Waals surface area contributed by atoms with E-state index in [1.807, 2.05) is 18.0 Å². The number of nitrogens with zero attached hydrogens (tertiary/aromatic N) is 7. The van der Waals surface area contributed by atoms with Crippen LogP contribution in [0, 0.1) is 5.92 Å². The van der Waals surface area contributed by atoms with Gasteiger partial charge in [-0.15, -0.1) is 0 Å². The molecule has 1 aromatic carbocycles. The molecule has 3 aliphatic rings. The van der Waals surface area contributed by atoms with Crippen molar-refractivity contribution in [2.75, 3.05) is 32.1 Å². The van der Waals surface area contributed by atoms with Crippen molar-refractivity contribution in [3.8, 4) is 11.1 Å². The first-order valence-corrected chi connectivity index (χ1v) is 14.6. The first-order valence-electron chi connectivity index (χ1n) is 14.6. The Hall–Kier alpha value is -3.76. The van der Waals surface area contributed by atoms with Crippen LogP contribution in [0.2, 0.25) is 0 Å². The molecule has 0 radical (unpaired) electrons. The highest BCUT2D eigenvalue weighted by molar-refractivity contribution is 5.78. The van der Waals surface area contributed by atoms with Crippen LogP contribution in [0.25, 0.3) is 11.1 Å². The monoisotopic (exact) mass is 564 g/mol. The lowest BCUT2D eigenvalue weighted by atomic mass is 9.86. The summed E-state index contributed by atoms with van der Waals surface area (Å²) >= 11 is 0. The number of aryl methyl sites for hydroxylation is 2. The van der Waals surface area contributed by atoms with E-state index in [0.717, 1.165) is 67.6 Å². The number of halogens is 2. The summed E-state index contributed by atoms with van der Waals surface area (Å²) in [7, 11) is 5.26. The highest BCUT2D eigenvalue weighted by atomic mass is 19.3. The summed E-state index contributed by atoms with van der Waals surface area (Å²) in [5, 5.41) is 12.2. The van der Waals surface area contributed by atoms with Crippen molar-refractivity contribution in [3.63, 3.8) is 0 Å². The zero-order valence-electron chi connectivity index (χ0n) is 24.0. The molecule has 2 amide bonds. The van der Waals surface area contributed by atoms with E-state index in [0.29, 0.717) is 36.7 Å². The summed E-state index contributed by atoms with van der Waals surface area (Å²) in [5.41, 5.74) is 5.22. The predicted molar refractivity (Wildman–Crippen MR) is 155 cm³/mol. The number of aliphatic imine (C=N–C) groups is 1. The molecular weight excluding hydrogens is 526 g/mol. The molecule has 2 aliphatic heterocycles. The number of carbonyl (C=O) groups excluding carboxylic acids is 1. The maximum Gasteiger partial charge on any atom is 0.317 e. The molecule has 11 heteroatoms. The van der Waals surface area contributed by atoms with Crippen molar-refractivity contribution in [2.45, 2.75) is 64.0 Å². The fraction of sp³-hybridized carbons (Fsp3) is 0.533. The molecule has 0 spiro atoms. The van der Waals surface area contributed by atoms with Crippen LogP contribution in [-0.2, 0) is 26.4 Å². The molecule has 1 fully saturated rings. The number of fused-ring (bicyclic) bond motifs is 2. The zero-order valence-corrected chi connectivity index (χ0v) is 24.0. The Balaban J connectivity index is 1.43. The number of carbonyl (C=O) groups is 1. The van der Waals surface area contributed by atoms with Crippen molar-refractivity contribution in [1.29, 1.82) is 0 Å². The minimum Gasteiger partial charge on any atom is -0.341 e. The average Bonchev–Trinajstić information content (AvgIpc) is 3.59. The van der Waals surface area contributed by atoms with Crippen LogP contribution in [0.5, 0.6) is 0 Å². The van der Waals surface area contributed by atoms with Crippen LogP contribution in [0.4, 0.5) is 25.1 Å². The maximum atomic E-state index is 14.5. The topological polar surface area (TPSA) is 83.6 Å². The van der Waals surface area contributed by atoms with E-state index >= 15 is 0 Å². The summed E-state index contributed by atoms with van der Waals surface area (Å²) < 4.78 is 32.8. The Morgan fingerprint density at radius 1 is 1.17 bits per heavy atom. The predicted octanol–water partition coefficient (Wildman–Crippen LogP) is 5.43. The minimum atomic E-state index is -2.63. The van der Waals surface area contributed by atoms with Crippen molar-refractivity contribution in [2.24, 2.45) is 18.0 Å². The van der Waals surface area contributed by atoms with Crippen LogP contribution >= 0.6 is 0 Å². The van der Waals surface area contributed by atoms with Gasteiger partial charge in [-0.1, -0.05) is 0 Å². The van der Waals surface area contributed by atoms with Crippen LogP contribution in [0.1, 0.15) is 67.0 Å². The van der Waals surface area contributed by atoms with Gasteiger partial charge < -0.3 is 20.1 Å². The number of amides is 2. The third-order valence-corrected chi connectivity index (χ3v) is 8.89. The van der Waals surface area contributed by atoms with E-state index in [9.17, 15) is 13.6 Å². The summed E-state index contributed by atoms with van der Waals surface area (Å²) in [4.78, 5) is 20.8. The van der Waals surface area contributed by atoms with Crippen molar-refractivity contribution in [1.82, 2.24) is 29.8 Å². The lowest BCUT2D eigenvalue weighted by Crippen LogP contribution is -2.42. The van der Waals surface area contributed by atoms with E-state index in [1.165, 1.54) is 5.69 Å². The first-order chi connectivity index (χ1) is 19.9. The summed E-state index contributed by atoms with van der Waals surface area (Å²) in [6, 6.07) is 3.73. The largest absolute Gasteiger partial charge is 0.341 e. The molecular formula is C30H38F2N8O. The molecule has 0 saturated heterocycles. The Kier molecular flexibility index (Phi) is 7.52. The van der Waals surface area contributed by atoms with Crippen LogP contribution in [0.15, 0.2) is 29.5 Å². The second-order valence-corrected chi connectivity index (χ2v) is 11.4. The number of urea groups is 1. The van der Waals surface area contributed by atoms with Crippen LogP contribution < -0.4 is 10.2 Å². The second-order valence-electron chi connectivity index (χ2n) is 11.4. The molecule has 6 rings (SSSR count). The smallest absolute Gasteiger partial charge is 0.317 e. The second kappa shape index (κ2) is 11.3. The number of benzene rings is 1. The Morgan fingerprint density at radius 3 is 2.66 bits per heavy atom. The normalized spacial score (nSPS) is 20.9. The Labute approximate surface area is 239 Å². The van der Waals surface area contributed by atoms with E-state index in [-0.39, 0.29) is 17.6 Å². The van der Waals surface area contributed by atoms with Gasteiger partial charge in [-0.05, 0) is 67.7 Å². The first kappa shape index (κ1) is 27.4. The van der Waals surface area contributed by atoms with Gasteiger partial charge in [0.25, 0.3) is 6.43 Å². The van der Waals surface area contributed by atoms with Crippen molar-refractivity contribution < 1.29 is 13.6 Å². The third kappa shape index (κ3) is 5.10. The van der Waals surface area contributed by atoms with E-state index in [2.05, 4.69) is 31.2 Å². The van der Waals surface area contributed by atoms with Gasteiger partial charge >= 0.3 is 6.03 Å². The van der Waals surface area contributed by atoms with Crippen molar-refractivity contribution in [3.05, 3.63) is 46.9 Å². The third-order valence-electron chi connectivity index (χ3n) is 8.89. The molecule has 3 aromatic rings. The van der Waals surface area contributed by atoms with Gasteiger partial charge in [0.1, 0.15) is 0 Å². The minimum absolute atomic E-state index is 0.000141. The fourth-order valence-electron chi connectivity index (χ4n) is 6.84. The number of nitrogens with one attached hydrogen (secondary N) is 1. The fourth-order valence-corrected chi connectivity index (χ4v) is 6.84. The molecule has 0 unspecified atom stereocenters. The van der Waals surface area contributed by atoms with Gasteiger partial charge in [0, 0.05) is 81.1 Å². The van der Waals surface area contributed by atoms with Gasteiger partial charge in [0.2, 0.25) is 0 Å². The lowest BCUT2D eigenvalue weighted by Gasteiger charge is -2.33.